The molecule has 1 aromatic rings. The van der Waals surface area contributed by atoms with E-state index in [1.165, 1.54) is 7.11 Å². The number of nitrogens with zero attached hydrogens (tertiary/aromatic N) is 1. The molecule has 5 nitrogen and oxygen atoms in total. The fourth-order valence-electron chi connectivity index (χ4n) is 0.868. The third-order valence-electron chi connectivity index (χ3n) is 1.52. The molecule has 0 aromatic heterocycles. The van der Waals surface area contributed by atoms with Crippen LogP contribution in [0, 0.1) is 0 Å². The number of amides is 1. The van der Waals surface area contributed by atoms with E-state index in [4.69, 9.17) is 17.3 Å². The fraction of sp³-hybridized carbons (Fsp3) is 0.111. The van der Waals surface area contributed by atoms with Crippen molar-refractivity contribution >= 4 is 29.0 Å². The van der Waals surface area contributed by atoms with Gasteiger partial charge in [0.15, 0.2) is 0 Å². The molecule has 0 aliphatic carbocycles. The first kappa shape index (κ1) is 11.3. The Balaban J connectivity index is 2.66. The van der Waals surface area contributed by atoms with Gasteiger partial charge in [-0.05, 0) is 24.3 Å². The Morgan fingerprint density at radius 3 is 2.60 bits per heavy atom. The van der Waals surface area contributed by atoms with Crippen LogP contribution in [0.3, 0.4) is 0 Å². The zero-order valence-corrected chi connectivity index (χ0v) is 8.78. The van der Waals surface area contributed by atoms with Crippen molar-refractivity contribution in [3.63, 3.8) is 0 Å². The van der Waals surface area contributed by atoms with Gasteiger partial charge in [0.2, 0.25) is 5.84 Å². The Bertz CT molecular complexity index is 375. The summed E-state index contributed by atoms with van der Waals surface area (Å²) in [5, 5.41) is 6.40. The number of hydrogen-bond acceptors (Lipinski definition) is 3. The molecule has 6 heteroatoms. The van der Waals surface area contributed by atoms with Crippen molar-refractivity contribution in [2.24, 2.45) is 10.9 Å². The minimum absolute atomic E-state index is 0.243. The first-order valence-electron chi connectivity index (χ1n) is 4.07. The van der Waals surface area contributed by atoms with Gasteiger partial charge in [0.05, 0.1) is 0 Å². The summed E-state index contributed by atoms with van der Waals surface area (Å²) in [7, 11) is 1.31. The van der Waals surface area contributed by atoms with Crippen molar-refractivity contribution < 1.29 is 9.63 Å². The number of carbonyl (C=O) groups excluding carboxylic acids is 1. The average molecular weight is 228 g/mol. The van der Waals surface area contributed by atoms with E-state index in [0.717, 1.165) is 0 Å². The van der Waals surface area contributed by atoms with Gasteiger partial charge in [-0.2, -0.15) is 0 Å². The summed E-state index contributed by atoms with van der Waals surface area (Å²) < 4.78 is 0. The average Bonchev–Trinajstić information content (AvgIpc) is 2.22. The molecule has 0 saturated carbocycles. The third-order valence-corrected chi connectivity index (χ3v) is 1.78. The normalized spacial score (nSPS) is 10.9. The molecule has 1 amide bonds. The highest BCUT2D eigenvalue weighted by molar-refractivity contribution is 6.41. The van der Waals surface area contributed by atoms with Crippen LogP contribution in [-0.2, 0) is 9.63 Å². The van der Waals surface area contributed by atoms with Crippen molar-refractivity contribution in [1.82, 2.24) is 0 Å². The van der Waals surface area contributed by atoms with Crippen molar-refractivity contribution in [1.29, 1.82) is 0 Å². The molecular formula is C9H10ClN3O2. The monoisotopic (exact) mass is 227 g/mol. The molecule has 0 saturated heterocycles. The van der Waals surface area contributed by atoms with Crippen LogP contribution >= 0.6 is 11.6 Å². The Hall–Kier alpha value is -1.75. The van der Waals surface area contributed by atoms with Crippen LogP contribution in [0.4, 0.5) is 5.69 Å². The lowest BCUT2D eigenvalue weighted by molar-refractivity contribution is -0.110. The molecule has 0 atom stereocenters. The summed E-state index contributed by atoms with van der Waals surface area (Å²) in [5.41, 5.74) is 5.87. The molecule has 15 heavy (non-hydrogen) atoms. The van der Waals surface area contributed by atoms with Gasteiger partial charge < -0.3 is 15.9 Å². The van der Waals surface area contributed by atoms with Gasteiger partial charge in [-0.25, -0.2) is 0 Å². The largest absolute Gasteiger partial charge is 0.397 e. The molecule has 0 unspecified atom stereocenters. The van der Waals surface area contributed by atoms with Gasteiger partial charge in [-0.1, -0.05) is 16.8 Å². The molecule has 0 heterocycles. The van der Waals surface area contributed by atoms with E-state index in [2.05, 4.69) is 15.3 Å². The lowest BCUT2D eigenvalue weighted by Crippen LogP contribution is -2.30. The molecule has 0 spiro atoms. The Morgan fingerprint density at radius 2 is 2.07 bits per heavy atom. The second kappa shape index (κ2) is 5.21. The molecule has 0 fully saturated rings. The molecule has 80 valence electrons. The first-order chi connectivity index (χ1) is 7.13. The third kappa shape index (κ3) is 3.47. The van der Waals surface area contributed by atoms with E-state index < -0.39 is 5.91 Å². The van der Waals surface area contributed by atoms with Gasteiger partial charge in [0.25, 0.3) is 5.91 Å². The number of oxime groups is 1. The summed E-state index contributed by atoms with van der Waals surface area (Å²) in [6.45, 7) is 0. The van der Waals surface area contributed by atoms with Crippen molar-refractivity contribution in [3.8, 4) is 0 Å². The van der Waals surface area contributed by atoms with E-state index in [1.807, 2.05) is 0 Å². The van der Waals surface area contributed by atoms with Gasteiger partial charge in [-0.15, -0.1) is 0 Å². The lowest BCUT2D eigenvalue weighted by Gasteiger charge is -2.03. The summed E-state index contributed by atoms with van der Waals surface area (Å²) in [5.74, 6) is -0.772. The zero-order valence-electron chi connectivity index (χ0n) is 8.03. The number of hydrogen-bond donors (Lipinski definition) is 2. The van der Waals surface area contributed by atoms with Crippen LogP contribution in [0.5, 0.6) is 0 Å². The van der Waals surface area contributed by atoms with E-state index in [9.17, 15) is 4.79 Å². The van der Waals surface area contributed by atoms with Crippen molar-refractivity contribution in [2.75, 3.05) is 12.4 Å². The SMILES string of the molecule is CON=C(N)C(=O)Nc1ccc(Cl)cc1. The predicted molar refractivity (Wildman–Crippen MR) is 58.7 cm³/mol. The summed E-state index contributed by atoms with van der Waals surface area (Å²) in [6, 6.07) is 6.61. The smallest absolute Gasteiger partial charge is 0.294 e. The summed E-state index contributed by atoms with van der Waals surface area (Å²) >= 11 is 5.68. The predicted octanol–water partition coefficient (Wildman–Crippen LogP) is 1.20. The lowest BCUT2D eigenvalue weighted by atomic mass is 10.3. The van der Waals surface area contributed by atoms with E-state index in [0.29, 0.717) is 10.7 Å². The maximum Gasteiger partial charge on any atom is 0.294 e. The van der Waals surface area contributed by atoms with Crippen LogP contribution in [0.1, 0.15) is 0 Å². The molecule has 3 N–H and O–H groups in total. The first-order valence-corrected chi connectivity index (χ1v) is 4.45. The minimum atomic E-state index is -0.529. The van der Waals surface area contributed by atoms with E-state index in [-0.39, 0.29) is 5.84 Å². The summed E-state index contributed by atoms with van der Waals surface area (Å²) in [4.78, 5) is 15.7. The van der Waals surface area contributed by atoms with Gasteiger partial charge in [-0.3, -0.25) is 4.79 Å². The standard InChI is InChI=1S/C9H10ClN3O2/c1-15-13-8(11)9(14)12-7-4-2-6(10)3-5-7/h2-5H,1H3,(H2,11,13)(H,12,14). The van der Waals surface area contributed by atoms with Crippen LogP contribution < -0.4 is 11.1 Å². The number of benzene rings is 1. The Kier molecular flexibility index (Phi) is 3.93. The van der Waals surface area contributed by atoms with Crippen LogP contribution in [-0.4, -0.2) is 18.9 Å². The highest BCUT2D eigenvalue weighted by atomic mass is 35.5. The number of nitrogens with one attached hydrogen (secondary N) is 1. The Labute approximate surface area is 91.8 Å². The van der Waals surface area contributed by atoms with E-state index >= 15 is 0 Å². The molecular weight excluding hydrogens is 218 g/mol. The maximum absolute atomic E-state index is 11.3. The zero-order chi connectivity index (χ0) is 11.3. The highest BCUT2D eigenvalue weighted by Gasteiger charge is 2.07. The van der Waals surface area contributed by atoms with Crippen LogP contribution in [0.25, 0.3) is 0 Å². The molecule has 1 aromatic carbocycles. The van der Waals surface area contributed by atoms with Crippen molar-refractivity contribution in [3.05, 3.63) is 29.3 Å². The number of rotatable bonds is 2. The molecule has 0 radical (unpaired) electrons. The number of carbonyl (C=O) groups is 1. The Morgan fingerprint density at radius 1 is 1.47 bits per heavy atom. The number of nitrogens with two attached hydrogens (primary N) is 1. The topological polar surface area (TPSA) is 76.7 Å². The van der Waals surface area contributed by atoms with Crippen molar-refractivity contribution in [2.45, 2.75) is 0 Å². The second-order valence-corrected chi connectivity index (χ2v) is 3.06. The molecule has 0 bridgehead atoms. The quantitative estimate of drug-likeness (QED) is 0.453. The maximum atomic E-state index is 11.3. The summed E-state index contributed by atoms with van der Waals surface area (Å²) in [6.07, 6.45) is 0. The molecule has 1 rings (SSSR count). The minimum Gasteiger partial charge on any atom is -0.397 e. The van der Waals surface area contributed by atoms with Gasteiger partial charge in [0, 0.05) is 10.7 Å². The molecule has 0 aliphatic rings. The fourth-order valence-corrected chi connectivity index (χ4v) is 0.994. The second-order valence-electron chi connectivity index (χ2n) is 2.62. The number of halogens is 1. The molecule has 0 aliphatic heterocycles. The van der Waals surface area contributed by atoms with Gasteiger partial charge >= 0.3 is 0 Å². The highest BCUT2D eigenvalue weighted by Crippen LogP contribution is 2.12. The van der Waals surface area contributed by atoms with E-state index in [1.54, 1.807) is 24.3 Å². The number of anilines is 1. The van der Waals surface area contributed by atoms with Crippen LogP contribution in [0.2, 0.25) is 5.02 Å². The van der Waals surface area contributed by atoms with Gasteiger partial charge in [0.1, 0.15) is 7.11 Å². The number of amidine groups is 1. The van der Waals surface area contributed by atoms with Crippen LogP contribution in [0.15, 0.2) is 29.4 Å².